The van der Waals surface area contributed by atoms with Gasteiger partial charge in [0.05, 0.1) is 5.02 Å². The fourth-order valence-electron chi connectivity index (χ4n) is 1.70. The highest BCUT2D eigenvalue weighted by molar-refractivity contribution is 6.31. The van der Waals surface area contributed by atoms with Gasteiger partial charge in [-0.25, -0.2) is 4.39 Å². The molecule has 0 unspecified atom stereocenters. The van der Waals surface area contributed by atoms with Gasteiger partial charge in [0.15, 0.2) is 0 Å². The van der Waals surface area contributed by atoms with Crippen LogP contribution in [-0.2, 0) is 0 Å². The quantitative estimate of drug-likeness (QED) is 0.738. The van der Waals surface area contributed by atoms with Crippen LogP contribution in [-0.4, -0.2) is 12.1 Å². The molecular weight excluding hydrogens is 213 g/mol. The molecule has 0 aliphatic heterocycles. The summed E-state index contributed by atoms with van der Waals surface area (Å²) < 4.78 is 13.0. The topological polar surface area (TPSA) is 3.24 Å². The first-order valence-corrected chi connectivity index (χ1v) is 5.46. The van der Waals surface area contributed by atoms with Gasteiger partial charge in [0.2, 0.25) is 0 Å². The maximum atomic E-state index is 13.0. The Hall–Kier alpha value is -0.760. The first-order chi connectivity index (χ1) is 6.86. The summed E-state index contributed by atoms with van der Waals surface area (Å²) in [6.07, 6.45) is 0. The highest BCUT2D eigenvalue weighted by Gasteiger charge is 2.20. The van der Waals surface area contributed by atoms with Gasteiger partial charge in [-0.05, 0) is 45.9 Å². The molecule has 0 heterocycles. The lowest BCUT2D eigenvalue weighted by Gasteiger charge is -2.37. The predicted molar refractivity (Wildman–Crippen MR) is 64.2 cm³/mol. The molecule has 0 aliphatic rings. The third-order valence-electron chi connectivity index (χ3n) is 2.34. The van der Waals surface area contributed by atoms with Crippen molar-refractivity contribution in [3.63, 3.8) is 0 Å². The summed E-state index contributed by atoms with van der Waals surface area (Å²) in [6.45, 7) is 9.29. The van der Waals surface area contributed by atoms with Crippen LogP contribution in [0, 0.1) is 5.82 Å². The Bertz CT molecular complexity index is 344. The van der Waals surface area contributed by atoms with Gasteiger partial charge >= 0.3 is 0 Å². The summed E-state index contributed by atoms with van der Waals surface area (Å²) in [7, 11) is 0. The molecular formula is C12H17ClFN. The summed E-state index contributed by atoms with van der Waals surface area (Å²) in [6, 6.07) is 4.84. The Labute approximate surface area is 95.8 Å². The Kier molecular flexibility index (Phi) is 3.61. The van der Waals surface area contributed by atoms with Crippen molar-refractivity contribution in [2.45, 2.75) is 33.2 Å². The summed E-state index contributed by atoms with van der Waals surface area (Å²) in [5.74, 6) is -0.370. The van der Waals surface area contributed by atoms with Gasteiger partial charge in [0.25, 0.3) is 0 Å². The minimum atomic E-state index is -0.370. The van der Waals surface area contributed by atoms with E-state index in [4.69, 9.17) is 11.6 Å². The maximum absolute atomic E-state index is 13.0. The van der Waals surface area contributed by atoms with E-state index in [9.17, 15) is 4.39 Å². The summed E-state index contributed by atoms with van der Waals surface area (Å²) in [4.78, 5) is 2.18. The number of benzene rings is 1. The van der Waals surface area contributed by atoms with Gasteiger partial charge in [-0.1, -0.05) is 11.6 Å². The van der Waals surface area contributed by atoms with E-state index in [1.165, 1.54) is 6.07 Å². The third-order valence-corrected chi connectivity index (χ3v) is 2.63. The summed E-state index contributed by atoms with van der Waals surface area (Å²) in [5, 5.41) is 0.176. The van der Waals surface area contributed by atoms with Crippen LogP contribution in [0.4, 0.5) is 10.1 Å². The van der Waals surface area contributed by atoms with Crippen molar-refractivity contribution in [3.05, 3.63) is 29.0 Å². The number of hydrogen-bond acceptors (Lipinski definition) is 1. The second kappa shape index (κ2) is 4.40. The van der Waals surface area contributed by atoms with Crippen molar-refractivity contribution in [1.29, 1.82) is 0 Å². The van der Waals surface area contributed by atoms with Gasteiger partial charge in [-0.15, -0.1) is 0 Å². The molecule has 1 aromatic rings. The molecule has 0 fully saturated rings. The highest BCUT2D eigenvalue weighted by Crippen LogP contribution is 2.27. The van der Waals surface area contributed by atoms with Crippen LogP contribution in [0.3, 0.4) is 0 Å². The molecule has 0 saturated heterocycles. The molecule has 0 saturated carbocycles. The SMILES string of the molecule is CCN(c1ccc(F)c(Cl)c1)C(C)(C)C. The summed E-state index contributed by atoms with van der Waals surface area (Å²) >= 11 is 5.76. The molecule has 1 aromatic carbocycles. The molecule has 0 amide bonds. The zero-order valence-electron chi connectivity index (χ0n) is 9.64. The molecule has 1 nitrogen and oxygen atoms in total. The number of hydrogen-bond donors (Lipinski definition) is 0. The molecule has 0 bridgehead atoms. The van der Waals surface area contributed by atoms with E-state index < -0.39 is 0 Å². The van der Waals surface area contributed by atoms with Crippen LogP contribution >= 0.6 is 11.6 Å². The van der Waals surface area contributed by atoms with E-state index in [2.05, 4.69) is 32.6 Å². The van der Waals surface area contributed by atoms with Gasteiger partial charge in [-0.3, -0.25) is 0 Å². The monoisotopic (exact) mass is 229 g/mol. The lowest BCUT2D eigenvalue weighted by Crippen LogP contribution is -2.41. The number of halogens is 2. The van der Waals surface area contributed by atoms with Crippen molar-refractivity contribution in [3.8, 4) is 0 Å². The second-order valence-corrected chi connectivity index (χ2v) is 4.92. The fraction of sp³-hybridized carbons (Fsp3) is 0.500. The van der Waals surface area contributed by atoms with E-state index in [-0.39, 0.29) is 16.4 Å². The fourth-order valence-corrected chi connectivity index (χ4v) is 1.87. The Morgan fingerprint density at radius 3 is 2.33 bits per heavy atom. The average molecular weight is 230 g/mol. The largest absolute Gasteiger partial charge is 0.367 e. The maximum Gasteiger partial charge on any atom is 0.141 e. The smallest absolute Gasteiger partial charge is 0.141 e. The van der Waals surface area contributed by atoms with Gasteiger partial charge in [0, 0.05) is 17.8 Å². The van der Waals surface area contributed by atoms with Crippen LogP contribution in [0.25, 0.3) is 0 Å². The van der Waals surface area contributed by atoms with Crippen molar-refractivity contribution in [2.24, 2.45) is 0 Å². The molecule has 0 radical (unpaired) electrons. The van der Waals surface area contributed by atoms with Crippen molar-refractivity contribution < 1.29 is 4.39 Å². The van der Waals surface area contributed by atoms with E-state index >= 15 is 0 Å². The third kappa shape index (κ3) is 2.85. The Morgan fingerprint density at radius 1 is 1.33 bits per heavy atom. The molecule has 3 heteroatoms. The van der Waals surface area contributed by atoms with Crippen LogP contribution in [0.5, 0.6) is 0 Å². The van der Waals surface area contributed by atoms with Gasteiger partial charge in [-0.2, -0.15) is 0 Å². The van der Waals surface area contributed by atoms with Crippen LogP contribution < -0.4 is 4.90 Å². The van der Waals surface area contributed by atoms with E-state index in [1.54, 1.807) is 12.1 Å². The molecule has 15 heavy (non-hydrogen) atoms. The normalized spacial score (nSPS) is 11.6. The molecule has 1 rings (SSSR count). The zero-order valence-corrected chi connectivity index (χ0v) is 10.4. The van der Waals surface area contributed by atoms with Crippen molar-refractivity contribution >= 4 is 17.3 Å². The van der Waals surface area contributed by atoms with Crippen molar-refractivity contribution in [1.82, 2.24) is 0 Å². The minimum absolute atomic E-state index is 0.00983. The van der Waals surface area contributed by atoms with Crippen LogP contribution in [0.15, 0.2) is 18.2 Å². The zero-order chi connectivity index (χ0) is 11.6. The number of rotatable bonds is 2. The average Bonchev–Trinajstić information content (AvgIpc) is 2.10. The first-order valence-electron chi connectivity index (χ1n) is 5.09. The molecule has 0 aliphatic carbocycles. The molecule has 0 aromatic heterocycles. The van der Waals surface area contributed by atoms with Gasteiger partial charge < -0.3 is 4.90 Å². The summed E-state index contributed by atoms with van der Waals surface area (Å²) in [5.41, 5.74) is 0.965. The molecule has 0 spiro atoms. The molecule has 0 N–H and O–H groups in total. The second-order valence-electron chi connectivity index (χ2n) is 4.51. The van der Waals surface area contributed by atoms with E-state index in [1.807, 2.05) is 0 Å². The van der Waals surface area contributed by atoms with Gasteiger partial charge in [0.1, 0.15) is 5.82 Å². The van der Waals surface area contributed by atoms with Crippen LogP contribution in [0.2, 0.25) is 5.02 Å². The lowest BCUT2D eigenvalue weighted by molar-refractivity contribution is 0.512. The Morgan fingerprint density at radius 2 is 1.93 bits per heavy atom. The molecule has 0 atom stereocenters. The highest BCUT2D eigenvalue weighted by atomic mass is 35.5. The minimum Gasteiger partial charge on any atom is -0.367 e. The Balaban J connectivity index is 3.08. The predicted octanol–water partition coefficient (Wildman–Crippen LogP) is 4.10. The number of nitrogens with zero attached hydrogens (tertiary/aromatic N) is 1. The lowest BCUT2D eigenvalue weighted by atomic mass is 10.0. The van der Waals surface area contributed by atoms with Crippen molar-refractivity contribution in [2.75, 3.05) is 11.4 Å². The number of anilines is 1. The van der Waals surface area contributed by atoms with Crippen LogP contribution in [0.1, 0.15) is 27.7 Å². The molecule has 84 valence electrons. The first kappa shape index (κ1) is 12.3. The van der Waals surface area contributed by atoms with E-state index in [0.717, 1.165) is 12.2 Å². The van der Waals surface area contributed by atoms with E-state index in [0.29, 0.717) is 0 Å². The standard InChI is InChI=1S/C12H17ClFN/c1-5-15(12(2,3)4)9-6-7-11(14)10(13)8-9/h6-8H,5H2,1-4H3.